The van der Waals surface area contributed by atoms with Gasteiger partial charge < -0.3 is 20.4 Å². The largest absolute Gasteiger partial charge is 0.507 e. The maximum atomic E-state index is 10.1. The molecular formula is C16H24I2N2O2. The summed E-state index contributed by atoms with van der Waals surface area (Å²) in [5, 5.41) is 22.7. The first-order chi connectivity index (χ1) is 10.6. The summed E-state index contributed by atoms with van der Waals surface area (Å²) < 4.78 is 2.06. The molecule has 1 saturated heterocycles. The molecule has 0 saturated carbocycles. The normalized spacial score (nSPS) is 19.5. The van der Waals surface area contributed by atoms with E-state index in [-0.39, 0.29) is 0 Å². The Balaban J connectivity index is 1.67. The maximum absolute atomic E-state index is 10.1. The highest BCUT2D eigenvalue weighted by Gasteiger charge is 2.18. The van der Waals surface area contributed by atoms with Crippen LogP contribution in [-0.4, -0.2) is 47.9 Å². The van der Waals surface area contributed by atoms with Gasteiger partial charge in [0.25, 0.3) is 0 Å². The van der Waals surface area contributed by atoms with Crippen LogP contribution in [0.1, 0.15) is 24.8 Å². The number of benzene rings is 1. The molecule has 1 aliphatic rings. The second-order valence-electron chi connectivity index (χ2n) is 5.92. The predicted molar refractivity (Wildman–Crippen MR) is 106 cm³/mol. The number of likely N-dealkylation sites (tertiary alicyclic amines) is 1. The SMILES string of the molecule is OCC1CCCN(CCCNCc2cc(I)cc(I)c2O)C1. The minimum Gasteiger partial charge on any atom is -0.507 e. The van der Waals surface area contributed by atoms with Crippen molar-refractivity contribution in [2.24, 2.45) is 5.92 Å². The fourth-order valence-corrected chi connectivity index (χ4v) is 4.87. The Kier molecular flexibility index (Phi) is 8.16. The van der Waals surface area contributed by atoms with Crippen molar-refractivity contribution in [1.29, 1.82) is 0 Å². The van der Waals surface area contributed by atoms with Crippen molar-refractivity contribution in [3.05, 3.63) is 24.8 Å². The molecule has 0 spiro atoms. The van der Waals surface area contributed by atoms with Crippen molar-refractivity contribution in [1.82, 2.24) is 10.2 Å². The molecular weight excluding hydrogens is 506 g/mol. The van der Waals surface area contributed by atoms with Crippen LogP contribution in [0.15, 0.2) is 12.1 Å². The Morgan fingerprint density at radius 2 is 2.14 bits per heavy atom. The van der Waals surface area contributed by atoms with Crippen molar-refractivity contribution in [2.75, 3.05) is 32.8 Å². The summed E-state index contributed by atoms with van der Waals surface area (Å²) in [6, 6.07) is 4.01. The molecule has 1 atom stereocenters. The van der Waals surface area contributed by atoms with Crippen LogP contribution in [0.4, 0.5) is 0 Å². The van der Waals surface area contributed by atoms with E-state index in [9.17, 15) is 10.2 Å². The molecule has 22 heavy (non-hydrogen) atoms. The third kappa shape index (κ3) is 5.77. The fourth-order valence-electron chi connectivity index (χ4n) is 2.91. The second kappa shape index (κ2) is 9.61. The van der Waals surface area contributed by atoms with Crippen LogP contribution in [0.3, 0.4) is 0 Å². The average Bonchev–Trinajstić information content (AvgIpc) is 2.51. The van der Waals surface area contributed by atoms with Gasteiger partial charge in [0.2, 0.25) is 0 Å². The number of hydrogen-bond acceptors (Lipinski definition) is 4. The smallest absolute Gasteiger partial charge is 0.133 e. The van der Waals surface area contributed by atoms with Crippen LogP contribution in [0.25, 0.3) is 0 Å². The molecule has 3 N–H and O–H groups in total. The summed E-state index contributed by atoms with van der Waals surface area (Å²) in [6.07, 6.45) is 3.46. The summed E-state index contributed by atoms with van der Waals surface area (Å²) in [4.78, 5) is 2.46. The van der Waals surface area contributed by atoms with Gasteiger partial charge in [0.15, 0.2) is 0 Å². The Morgan fingerprint density at radius 3 is 2.91 bits per heavy atom. The highest BCUT2D eigenvalue weighted by molar-refractivity contribution is 14.1. The zero-order valence-corrected chi connectivity index (χ0v) is 17.0. The fraction of sp³-hybridized carbons (Fsp3) is 0.625. The highest BCUT2D eigenvalue weighted by Crippen LogP contribution is 2.26. The Labute approximate surface area is 159 Å². The number of halogens is 2. The van der Waals surface area contributed by atoms with Gasteiger partial charge >= 0.3 is 0 Å². The first kappa shape index (κ1) is 18.7. The molecule has 0 aliphatic carbocycles. The highest BCUT2D eigenvalue weighted by atomic mass is 127. The van der Waals surface area contributed by atoms with E-state index in [0.29, 0.717) is 24.8 Å². The first-order valence-electron chi connectivity index (χ1n) is 7.81. The Hall–Kier alpha value is 0.360. The number of piperidine rings is 1. The van der Waals surface area contributed by atoms with Gasteiger partial charge in [-0.2, -0.15) is 0 Å². The number of aromatic hydroxyl groups is 1. The number of aliphatic hydroxyl groups excluding tert-OH is 1. The van der Waals surface area contributed by atoms with Crippen molar-refractivity contribution in [2.45, 2.75) is 25.8 Å². The lowest BCUT2D eigenvalue weighted by atomic mass is 9.99. The van der Waals surface area contributed by atoms with Crippen LogP contribution in [0, 0.1) is 13.1 Å². The van der Waals surface area contributed by atoms with Gasteiger partial charge in [-0.1, -0.05) is 0 Å². The van der Waals surface area contributed by atoms with Crippen LogP contribution in [-0.2, 0) is 6.54 Å². The molecule has 1 unspecified atom stereocenters. The van der Waals surface area contributed by atoms with E-state index in [1.807, 2.05) is 12.1 Å². The summed E-state index contributed by atoms with van der Waals surface area (Å²) >= 11 is 4.45. The van der Waals surface area contributed by atoms with E-state index in [0.717, 1.165) is 51.7 Å². The third-order valence-corrected chi connectivity index (χ3v) is 5.56. The minimum atomic E-state index is 0.319. The predicted octanol–water partition coefficient (Wildman–Crippen LogP) is 2.79. The van der Waals surface area contributed by atoms with Crippen LogP contribution < -0.4 is 5.32 Å². The molecule has 0 aromatic heterocycles. The monoisotopic (exact) mass is 530 g/mol. The molecule has 1 aromatic rings. The van der Waals surface area contributed by atoms with E-state index in [1.165, 1.54) is 6.42 Å². The van der Waals surface area contributed by atoms with Crippen LogP contribution in [0.2, 0.25) is 0 Å². The molecule has 1 aliphatic heterocycles. The number of aliphatic hydroxyl groups is 1. The molecule has 2 rings (SSSR count). The van der Waals surface area contributed by atoms with Gasteiger partial charge in [-0.25, -0.2) is 0 Å². The van der Waals surface area contributed by atoms with Crippen molar-refractivity contribution < 1.29 is 10.2 Å². The molecule has 0 amide bonds. The zero-order chi connectivity index (χ0) is 15.9. The van der Waals surface area contributed by atoms with E-state index >= 15 is 0 Å². The molecule has 1 fully saturated rings. The van der Waals surface area contributed by atoms with Crippen LogP contribution in [0.5, 0.6) is 5.75 Å². The first-order valence-corrected chi connectivity index (χ1v) is 9.96. The molecule has 0 radical (unpaired) electrons. The Bertz CT molecular complexity index is 485. The van der Waals surface area contributed by atoms with E-state index in [4.69, 9.17) is 0 Å². The summed E-state index contributed by atoms with van der Waals surface area (Å²) in [6.45, 7) is 5.25. The van der Waals surface area contributed by atoms with Gasteiger partial charge in [0.05, 0.1) is 3.57 Å². The lowest BCUT2D eigenvalue weighted by Crippen LogP contribution is -2.38. The minimum absolute atomic E-state index is 0.319. The van der Waals surface area contributed by atoms with Crippen molar-refractivity contribution >= 4 is 45.2 Å². The number of nitrogens with zero attached hydrogens (tertiary/aromatic N) is 1. The number of nitrogens with one attached hydrogen (secondary N) is 1. The average molecular weight is 530 g/mol. The number of hydrogen-bond donors (Lipinski definition) is 3. The van der Waals surface area contributed by atoms with Crippen LogP contribution >= 0.6 is 45.2 Å². The second-order valence-corrected chi connectivity index (χ2v) is 8.32. The van der Waals surface area contributed by atoms with E-state index < -0.39 is 0 Å². The number of rotatable bonds is 7. The van der Waals surface area contributed by atoms with Gasteiger partial charge in [0.1, 0.15) is 5.75 Å². The third-order valence-electron chi connectivity index (χ3n) is 4.11. The topological polar surface area (TPSA) is 55.7 Å². The van der Waals surface area contributed by atoms with E-state index in [1.54, 1.807) is 0 Å². The van der Waals surface area contributed by atoms with Gasteiger partial charge in [-0.05, 0) is 102 Å². The summed E-state index contributed by atoms with van der Waals surface area (Å²) in [5.41, 5.74) is 0.967. The number of phenols is 1. The number of phenolic OH excluding ortho intramolecular Hbond substituents is 1. The van der Waals surface area contributed by atoms with Crippen molar-refractivity contribution in [3.8, 4) is 5.75 Å². The molecule has 1 heterocycles. The van der Waals surface area contributed by atoms with Gasteiger partial charge in [-0.3, -0.25) is 0 Å². The molecule has 1 aromatic carbocycles. The lowest BCUT2D eigenvalue weighted by molar-refractivity contribution is 0.119. The summed E-state index contributed by atoms with van der Waals surface area (Å²) in [7, 11) is 0. The Morgan fingerprint density at radius 1 is 1.32 bits per heavy atom. The maximum Gasteiger partial charge on any atom is 0.133 e. The molecule has 0 bridgehead atoms. The van der Waals surface area contributed by atoms with Crippen molar-refractivity contribution in [3.63, 3.8) is 0 Å². The molecule has 4 nitrogen and oxygen atoms in total. The standard InChI is InChI=1S/C16H24I2N2O2/c17-14-7-13(16(22)15(18)8-14)9-19-4-2-6-20-5-1-3-12(10-20)11-21/h7-8,12,19,21-22H,1-6,9-11H2. The zero-order valence-electron chi connectivity index (χ0n) is 12.7. The van der Waals surface area contributed by atoms with Gasteiger partial charge in [-0.15, -0.1) is 0 Å². The lowest BCUT2D eigenvalue weighted by Gasteiger charge is -2.31. The molecule has 124 valence electrons. The summed E-state index contributed by atoms with van der Waals surface area (Å²) in [5.74, 6) is 0.863. The molecule has 6 heteroatoms. The van der Waals surface area contributed by atoms with Gasteiger partial charge in [0, 0.05) is 28.8 Å². The van der Waals surface area contributed by atoms with E-state index in [2.05, 4.69) is 55.4 Å². The quantitative estimate of drug-likeness (QED) is 0.375.